The van der Waals surface area contributed by atoms with E-state index in [4.69, 9.17) is 21.1 Å². The lowest BCUT2D eigenvalue weighted by molar-refractivity contribution is 0.0521. The zero-order chi connectivity index (χ0) is 22.0. The second kappa shape index (κ2) is 9.06. The van der Waals surface area contributed by atoms with Gasteiger partial charge in [0.05, 0.1) is 22.0 Å². The number of rotatable bonds is 5. The zero-order valence-electron chi connectivity index (χ0n) is 17.3. The number of para-hydroxylation sites is 2. The SMILES string of the molecule is CN(CC1COc2ccccc2O1)C(=O)c1cc(S(=O)(=O)N2CCCCC2)ccc1Cl. The van der Waals surface area contributed by atoms with E-state index in [1.54, 1.807) is 7.05 Å². The van der Waals surface area contributed by atoms with E-state index in [0.29, 0.717) is 31.2 Å². The van der Waals surface area contributed by atoms with Gasteiger partial charge in [0.2, 0.25) is 10.0 Å². The molecule has 2 aromatic rings. The highest BCUT2D eigenvalue weighted by atomic mass is 35.5. The lowest BCUT2D eigenvalue weighted by atomic mass is 10.2. The lowest BCUT2D eigenvalue weighted by Crippen LogP contribution is -2.42. The summed E-state index contributed by atoms with van der Waals surface area (Å²) >= 11 is 6.27. The summed E-state index contributed by atoms with van der Waals surface area (Å²) in [6.07, 6.45) is 2.36. The zero-order valence-corrected chi connectivity index (χ0v) is 18.9. The first-order valence-electron chi connectivity index (χ1n) is 10.3. The Morgan fingerprint density at radius 3 is 2.58 bits per heavy atom. The van der Waals surface area contributed by atoms with E-state index < -0.39 is 10.0 Å². The van der Waals surface area contributed by atoms with E-state index in [-0.39, 0.29) is 34.0 Å². The first-order chi connectivity index (χ1) is 14.9. The van der Waals surface area contributed by atoms with Crippen LogP contribution in [-0.4, -0.2) is 62.9 Å². The molecule has 1 fully saturated rings. The van der Waals surface area contributed by atoms with Crippen LogP contribution in [0.4, 0.5) is 0 Å². The van der Waals surface area contributed by atoms with Gasteiger partial charge in [0.15, 0.2) is 17.6 Å². The highest BCUT2D eigenvalue weighted by Crippen LogP contribution is 2.31. The Kier molecular flexibility index (Phi) is 6.41. The summed E-state index contributed by atoms with van der Waals surface area (Å²) in [6, 6.07) is 11.7. The normalized spacial score (nSPS) is 19.1. The van der Waals surface area contributed by atoms with Crippen molar-refractivity contribution in [1.29, 1.82) is 0 Å². The fourth-order valence-corrected chi connectivity index (χ4v) is 5.57. The van der Waals surface area contributed by atoms with Gasteiger partial charge in [0, 0.05) is 20.1 Å². The first kappa shape index (κ1) is 21.9. The largest absolute Gasteiger partial charge is 0.486 e. The summed E-state index contributed by atoms with van der Waals surface area (Å²) < 4.78 is 39.1. The number of carbonyl (C=O) groups excluding carboxylic acids is 1. The van der Waals surface area contributed by atoms with Gasteiger partial charge in [-0.05, 0) is 43.2 Å². The molecule has 166 valence electrons. The molecule has 1 unspecified atom stereocenters. The Morgan fingerprint density at radius 2 is 1.84 bits per heavy atom. The van der Waals surface area contributed by atoms with Crippen molar-refractivity contribution in [3.05, 3.63) is 53.1 Å². The van der Waals surface area contributed by atoms with Crippen LogP contribution in [0.1, 0.15) is 29.6 Å². The van der Waals surface area contributed by atoms with Crippen LogP contribution in [0, 0.1) is 0 Å². The maximum Gasteiger partial charge on any atom is 0.255 e. The van der Waals surface area contributed by atoms with Gasteiger partial charge in [-0.15, -0.1) is 0 Å². The molecular formula is C22H25ClN2O5S. The molecule has 9 heteroatoms. The van der Waals surface area contributed by atoms with Crippen molar-refractivity contribution in [3.63, 3.8) is 0 Å². The van der Waals surface area contributed by atoms with Crippen molar-refractivity contribution in [3.8, 4) is 11.5 Å². The van der Waals surface area contributed by atoms with Gasteiger partial charge in [-0.1, -0.05) is 30.2 Å². The van der Waals surface area contributed by atoms with Crippen molar-refractivity contribution >= 4 is 27.5 Å². The number of likely N-dealkylation sites (N-methyl/N-ethyl adjacent to an activating group) is 1. The number of halogens is 1. The van der Waals surface area contributed by atoms with Crippen molar-refractivity contribution in [2.45, 2.75) is 30.3 Å². The summed E-state index contributed by atoms with van der Waals surface area (Å²) in [5.74, 6) is 0.932. The first-order valence-corrected chi connectivity index (χ1v) is 12.1. The maximum absolute atomic E-state index is 13.1. The standard InChI is InChI=1S/C22H25ClN2O5S/c1-24(14-16-15-29-20-7-3-4-8-21(20)30-16)22(26)18-13-17(9-10-19(18)23)31(27,28)25-11-5-2-6-12-25/h3-4,7-10,13,16H,2,5-6,11-12,14-15H2,1H3. The van der Waals surface area contributed by atoms with Crippen LogP contribution < -0.4 is 9.47 Å². The van der Waals surface area contributed by atoms with E-state index in [2.05, 4.69) is 0 Å². The molecule has 2 aromatic carbocycles. The third-order valence-electron chi connectivity index (χ3n) is 5.51. The molecule has 0 spiro atoms. The third kappa shape index (κ3) is 4.66. The van der Waals surface area contributed by atoms with Crippen LogP contribution in [0.3, 0.4) is 0 Å². The van der Waals surface area contributed by atoms with Gasteiger partial charge in [-0.25, -0.2) is 8.42 Å². The number of carbonyl (C=O) groups is 1. The number of nitrogens with zero attached hydrogens (tertiary/aromatic N) is 2. The van der Waals surface area contributed by atoms with E-state index in [0.717, 1.165) is 19.3 Å². The predicted molar refractivity (Wildman–Crippen MR) is 117 cm³/mol. The minimum atomic E-state index is -3.66. The molecule has 0 N–H and O–H groups in total. The number of piperidine rings is 1. The molecule has 2 aliphatic heterocycles. The number of benzene rings is 2. The third-order valence-corrected chi connectivity index (χ3v) is 7.74. The van der Waals surface area contributed by atoms with Gasteiger partial charge in [-0.2, -0.15) is 4.31 Å². The Labute approximate surface area is 187 Å². The minimum absolute atomic E-state index is 0.0849. The summed E-state index contributed by atoms with van der Waals surface area (Å²) in [4.78, 5) is 14.6. The van der Waals surface area contributed by atoms with Gasteiger partial charge in [0.1, 0.15) is 6.61 Å². The van der Waals surface area contributed by atoms with Crippen LogP contribution in [0.25, 0.3) is 0 Å². The molecule has 0 saturated carbocycles. The summed E-state index contributed by atoms with van der Waals surface area (Å²) in [5, 5.41) is 0.209. The quantitative estimate of drug-likeness (QED) is 0.677. The second-order valence-corrected chi connectivity index (χ2v) is 10.1. The second-order valence-electron chi connectivity index (χ2n) is 7.79. The van der Waals surface area contributed by atoms with E-state index >= 15 is 0 Å². The lowest BCUT2D eigenvalue weighted by Gasteiger charge is -2.30. The Hall–Kier alpha value is -2.29. The average molecular weight is 465 g/mol. The number of fused-ring (bicyclic) bond motifs is 1. The van der Waals surface area contributed by atoms with Crippen LogP contribution in [0.15, 0.2) is 47.4 Å². The van der Waals surface area contributed by atoms with Gasteiger partial charge in [-0.3, -0.25) is 4.79 Å². The molecule has 4 rings (SSSR count). The van der Waals surface area contributed by atoms with Crippen molar-refractivity contribution < 1.29 is 22.7 Å². The fourth-order valence-electron chi connectivity index (χ4n) is 3.83. The van der Waals surface area contributed by atoms with Crippen LogP contribution in [0.5, 0.6) is 11.5 Å². The van der Waals surface area contributed by atoms with Crippen LogP contribution in [-0.2, 0) is 10.0 Å². The van der Waals surface area contributed by atoms with E-state index in [9.17, 15) is 13.2 Å². The number of amides is 1. The Balaban J connectivity index is 1.49. The molecule has 2 aliphatic rings. The molecule has 7 nitrogen and oxygen atoms in total. The molecule has 1 saturated heterocycles. The maximum atomic E-state index is 13.1. The molecule has 0 aliphatic carbocycles. The molecule has 2 heterocycles. The fraction of sp³-hybridized carbons (Fsp3) is 0.409. The molecular weight excluding hydrogens is 440 g/mol. The molecule has 31 heavy (non-hydrogen) atoms. The van der Waals surface area contributed by atoms with Gasteiger partial charge < -0.3 is 14.4 Å². The molecule has 0 bridgehead atoms. The topological polar surface area (TPSA) is 76.1 Å². The van der Waals surface area contributed by atoms with Crippen molar-refractivity contribution in [1.82, 2.24) is 9.21 Å². The number of hydrogen-bond donors (Lipinski definition) is 0. The number of ether oxygens (including phenoxy) is 2. The highest BCUT2D eigenvalue weighted by Gasteiger charge is 2.29. The number of sulfonamides is 1. The van der Waals surface area contributed by atoms with Crippen LogP contribution in [0.2, 0.25) is 5.02 Å². The molecule has 0 aromatic heterocycles. The average Bonchev–Trinajstić information content (AvgIpc) is 2.79. The van der Waals surface area contributed by atoms with Gasteiger partial charge >= 0.3 is 0 Å². The molecule has 0 radical (unpaired) electrons. The smallest absolute Gasteiger partial charge is 0.255 e. The predicted octanol–water partition coefficient (Wildman–Crippen LogP) is 3.43. The Bertz CT molecular complexity index is 1070. The summed E-state index contributed by atoms with van der Waals surface area (Å²) in [7, 11) is -2.03. The Morgan fingerprint density at radius 1 is 1.13 bits per heavy atom. The highest BCUT2D eigenvalue weighted by molar-refractivity contribution is 7.89. The van der Waals surface area contributed by atoms with Crippen molar-refractivity contribution in [2.24, 2.45) is 0 Å². The molecule has 1 atom stereocenters. The summed E-state index contributed by atoms with van der Waals surface area (Å²) in [6.45, 7) is 1.57. The van der Waals surface area contributed by atoms with Crippen LogP contribution >= 0.6 is 11.6 Å². The van der Waals surface area contributed by atoms with E-state index in [1.165, 1.54) is 27.4 Å². The minimum Gasteiger partial charge on any atom is -0.486 e. The molecule has 1 amide bonds. The number of hydrogen-bond acceptors (Lipinski definition) is 5. The van der Waals surface area contributed by atoms with Crippen molar-refractivity contribution in [2.75, 3.05) is 33.3 Å². The summed E-state index contributed by atoms with van der Waals surface area (Å²) in [5.41, 5.74) is 0.152. The van der Waals surface area contributed by atoms with E-state index in [1.807, 2.05) is 24.3 Å². The van der Waals surface area contributed by atoms with Gasteiger partial charge in [0.25, 0.3) is 5.91 Å². The monoisotopic (exact) mass is 464 g/mol.